The van der Waals surface area contributed by atoms with Gasteiger partial charge in [-0.05, 0) is 17.6 Å². The minimum Gasteiger partial charge on any atom is -0.394 e. The first-order valence-electron chi connectivity index (χ1n) is 6.45. The van der Waals surface area contributed by atoms with Crippen LogP contribution in [-0.2, 0) is 4.74 Å². The Morgan fingerprint density at radius 1 is 1.41 bits per heavy atom. The number of imidazole rings is 1. The summed E-state index contributed by atoms with van der Waals surface area (Å²) in [5.74, 6) is -0.0824. The van der Waals surface area contributed by atoms with E-state index in [1.807, 2.05) is 0 Å². The summed E-state index contributed by atoms with van der Waals surface area (Å²) in [6.07, 6.45) is -2.98. The van der Waals surface area contributed by atoms with Crippen molar-refractivity contribution < 1.29 is 20.1 Å². The molecule has 1 saturated heterocycles. The van der Waals surface area contributed by atoms with E-state index in [0.717, 1.165) is 0 Å². The van der Waals surface area contributed by atoms with E-state index in [1.54, 1.807) is 6.92 Å². The van der Waals surface area contributed by atoms with Gasteiger partial charge in [-0.1, -0.05) is 0 Å². The molecular weight excluding hydrogens is 294 g/mol. The van der Waals surface area contributed by atoms with E-state index in [9.17, 15) is 10.2 Å². The van der Waals surface area contributed by atoms with Crippen LogP contribution < -0.4 is 0 Å². The van der Waals surface area contributed by atoms with E-state index < -0.39 is 31.1 Å². The van der Waals surface area contributed by atoms with Crippen molar-refractivity contribution in [1.82, 2.24) is 19.5 Å². The second-order valence-electron chi connectivity index (χ2n) is 4.85. The summed E-state index contributed by atoms with van der Waals surface area (Å²) in [4.78, 5) is 14.8. The molecule has 0 amide bonds. The highest BCUT2D eigenvalue weighted by molar-refractivity contribution is 5.74. The Bertz CT molecular complexity index is 756. The number of azide groups is 1. The molecule has 0 bridgehead atoms. The van der Waals surface area contributed by atoms with Crippen molar-refractivity contribution in [2.45, 2.75) is 31.5 Å². The molecule has 11 nitrogen and oxygen atoms in total. The van der Waals surface area contributed by atoms with Crippen LogP contribution in [0.15, 0.2) is 11.4 Å². The van der Waals surface area contributed by atoms with Gasteiger partial charge in [-0.25, -0.2) is 15.0 Å². The third kappa shape index (κ3) is 2.17. The van der Waals surface area contributed by atoms with Gasteiger partial charge in [0.15, 0.2) is 11.9 Å². The summed E-state index contributed by atoms with van der Waals surface area (Å²) in [5, 5.41) is 32.4. The highest BCUT2D eigenvalue weighted by Gasteiger charge is 2.44. The van der Waals surface area contributed by atoms with Crippen molar-refractivity contribution in [1.29, 1.82) is 0 Å². The molecule has 0 spiro atoms. The largest absolute Gasteiger partial charge is 0.394 e. The maximum absolute atomic E-state index is 10.1. The fraction of sp³-hybridized carbons (Fsp3) is 0.545. The predicted octanol–water partition coefficient (Wildman–Crippen LogP) is -0.312. The molecule has 22 heavy (non-hydrogen) atoms. The standard InChI is InChI=1S/C11H13N7O4/c1-4-6-9(15-11(14-4)16-17-12)18(3-13-6)10-8(21)7(20)5(2-19)22-10/h3,5,7-8,10,19-21H,2H2,1H3/t5-,7-,8-,10-/m1/s1. The molecule has 0 unspecified atom stereocenters. The third-order valence-corrected chi connectivity index (χ3v) is 3.51. The summed E-state index contributed by atoms with van der Waals surface area (Å²) < 4.78 is 6.84. The fourth-order valence-electron chi connectivity index (χ4n) is 2.42. The minimum absolute atomic E-state index is 0.0824. The Hall–Kier alpha value is -2.30. The molecule has 0 aliphatic carbocycles. The topological polar surface area (TPSA) is 162 Å². The number of fused-ring (bicyclic) bond motifs is 1. The normalized spacial score (nSPS) is 28.0. The van der Waals surface area contributed by atoms with Crippen molar-refractivity contribution >= 4 is 17.1 Å². The number of hydrogen-bond donors (Lipinski definition) is 3. The summed E-state index contributed by atoms with van der Waals surface area (Å²) >= 11 is 0. The van der Waals surface area contributed by atoms with Gasteiger partial charge in [-0.3, -0.25) is 4.57 Å². The molecule has 1 fully saturated rings. The quantitative estimate of drug-likeness (QED) is 0.397. The molecule has 0 aromatic carbocycles. The fourth-order valence-corrected chi connectivity index (χ4v) is 2.42. The van der Waals surface area contributed by atoms with Crippen LogP contribution in [0.25, 0.3) is 21.6 Å². The van der Waals surface area contributed by atoms with Crippen molar-refractivity contribution in [3.8, 4) is 0 Å². The highest BCUT2D eigenvalue weighted by atomic mass is 16.6. The van der Waals surface area contributed by atoms with Crippen LogP contribution in [0.4, 0.5) is 5.95 Å². The lowest BCUT2D eigenvalue weighted by Gasteiger charge is -2.16. The van der Waals surface area contributed by atoms with E-state index in [0.29, 0.717) is 16.9 Å². The van der Waals surface area contributed by atoms with Crippen molar-refractivity contribution in [2.24, 2.45) is 5.11 Å². The molecule has 116 valence electrons. The first-order chi connectivity index (χ1) is 10.6. The lowest BCUT2D eigenvalue weighted by Crippen LogP contribution is -2.33. The van der Waals surface area contributed by atoms with Gasteiger partial charge in [-0.2, -0.15) is 0 Å². The number of nitrogens with zero attached hydrogens (tertiary/aromatic N) is 7. The SMILES string of the molecule is Cc1nc(N=[N+]=[N-])nc2c1ncn2[C@@H]1O[C@H](CO)[C@@H](O)[C@H]1O. The monoisotopic (exact) mass is 307 g/mol. The number of rotatable bonds is 3. The second-order valence-corrected chi connectivity index (χ2v) is 4.85. The smallest absolute Gasteiger partial charge is 0.218 e. The molecule has 1 aliphatic heterocycles. The zero-order valence-electron chi connectivity index (χ0n) is 11.5. The second kappa shape index (κ2) is 5.48. The zero-order chi connectivity index (χ0) is 15.9. The Kier molecular flexibility index (Phi) is 3.64. The molecule has 1 aliphatic rings. The average molecular weight is 307 g/mol. The van der Waals surface area contributed by atoms with Gasteiger partial charge in [0.05, 0.1) is 18.6 Å². The Balaban J connectivity index is 2.10. The molecule has 0 saturated carbocycles. The maximum Gasteiger partial charge on any atom is 0.218 e. The first-order valence-corrected chi connectivity index (χ1v) is 6.45. The summed E-state index contributed by atoms with van der Waals surface area (Å²) in [5.41, 5.74) is 9.74. The predicted molar refractivity (Wildman–Crippen MR) is 71.9 cm³/mol. The zero-order valence-corrected chi connectivity index (χ0v) is 11.5. The van der Waals surface area contributed by atoms with Crippen LogP contribution in [-0.4, -0.2) is 59.8 Å². The lowest BCUT2D eigenvalue weighted by atomic mass is 10.1. The van der Waals surface area contributed by atoms with E-state index >= 15 is 0 Å². The molecular formula is C11H13N7O4. The number of aliphatic hydroxyl groups excluding tert-OH is 3. The number of aromatic nitrogens is 4. The molecule has 2 aromatic rings. The number of aryl methyl sites for hydroxylation is 1. The average Bonchev–Trinajstić information content (AvgIpc) is 3.03. The van der Waals surface area contributed by atoms with Crippen LogP contribution in [0.5, 0.6) is 0 Å². The molecule has 3 rings (SSSR count). The Morgan fingerprint density at radius 3 is 2.82 bits per heavy atom. The Labute approximate surface area is 123 Å². The molecule has 11 heteroatoms. The molecule has 3 N–H and O–H groups in total. The summed E-state index contributed by atoms with van der Waals surface area (Å²) in [7, 11) is 0. The number of aliphatic hydroxyl groups is 3. The van der Waals surface area contributed by atoms with Gasteiger partial charge in [-0.15, -0.1) is 0 Å². The van der Waals surface area contributed by atoms with Crippen LogP contribution in [0, 0.1) is 6.92 Å². The van der Waals surface area contributed by atoms with Crippen molar-refractivity contribution in [2.75, 3.05) is 6.61 Å². The lowest BCUT2D eigenvalue weighted by molar-refractivity contribution is -0.0511. The van der Waals surface area contributed by atoms with Crippen LogP contribution in [0.2, 0.25) is 0 Å². The van der Waals surface area contributed by atoms with Crippen LogP contribution in [0.1, 0.15) is 11.9 Å². The van der Waals surface area contributed by atoms with Crippen molar-refractivity contribution in [3.05, 3.63) is 22.5 Å². The van der Waals surface area contributed by atoms with Crippen LogP contribution >= 0.6 is 0 Å². The maximum atomic E-state index is 10.1. The van der Waals surface area contributed by atoms with Crippen LogP contribution in [0.3, 0.4) is 0 Å². The third-order valence-electron chi connectivity index (χ3n) is 3.51. The molecule has 2 aromatic heterocycles. The van der Waals surface area contributed by atoms with Gasteiger partial charge in [0.25, 0.3) is 0 Å². The van der Waals surface area contributed by atoms with E-state index in [2.05, 4.69) is 25.0 Å². The van der Waals surface area contributed by atoms with Crippen molar-refractivity contribution in [3.63, 3.8) is 0 Å². The van der Waals surface area contributed by atoms with E-state index in [4.69, 9.17) is 15.4 Å². The van der Waals surface area contributed by atoms with Gasteiger partial charge in [0, 0.05) is 4.91 Å². The number of hydrogen-bond acceptors (Lipinski definition) is 8. The molecule has 0 radical (unpaired) electrons. The van der Waals surface area contributed by atoms with Gasteiger partial charge < -0.3 is 20.1 Å². The van der Waals surface area contributed by atoms with Gasteiger partial charge in [0.1, 0.15) is 23.8 Å². The van der Waals surface area contributed by atoms with E-state index in [-0.39, 0.29) is 5.95 Å². The van der Waals surface area contributed by atoms with E-state index in [1.165, 1.54) is 10.9 Å². The Morgan fingerprint density at radius 2 is 2.18 bits per heavy atom. The minimum atomic E-state index is -1.26. The summed E-state index contributed by atoms with van der Waals surface area (Å²) in [6, 6.07) is 0. The number of ether oxygens (including phenoxy) is 1. The highest BCUT2D eigenvalue weighted by Crippen LogP contribution is 2.31. The first kappa shape index (κ1) is 14.6. The van der Waals surface area contributed by atoms with Gasteiger partial charge >= 0.3 is 0 Å². The van der Waals surface area contributed by atoms with Gasteiger partial charge in [0.2, 0.25) is 5.95 Å². The molecule has 3 heterocycles. The summed E-state index contributed by atoms with van der Waals surface area (Å²) in [6.45, 7) is 1.24. The molecule has 4 atom stereocenters.